The van der Waals surface area contributed by atoms with Gasteiger partial charge >= 0.3 is 5.97 Å². The number of aliphatic hydroxyl groups excluding tert-OH is 1. The van der Waals surface area contributed by atoms with Crippen LogP contribution in [0.15, 0.2) is 71.6 Å². The Bertz CT molecular complexity index is 1460. The minimum absolute atomic E-state index is 0.0617. The molecule has 0 amide bonds. The number of aliphatic hydroxyl groups is 1. The topological polar surface area (TPSA) is 104 Å². The van der Waals surface area contributed by atoms with E-state index in [1.165, 1.54) is 0 Å². The van der Waals surface area contributed by atoms with Gasteiger partial charge in [0.25, 0.3) is 0 Å². The molecular weight excluding hydrogens is 550 g/mol. The van der Waals surface area contributed by atoms with Crippen LogP contribution >= 0.6 is 0 Å². The molecule has 0 fully saturated rings. The van der Waals surface area contributed by atoms with E-state index in [0.29, 0.717) is 29.1 Å². The van der Waals surface area contributed by atoms with Gasteiger partial charge in [-0.05, 0) is 72.0 Å². The molecule has 1 heterocycles. The summed E-state index contributed by atoms with van der Waals surface area (Å²) in [6.45, 7) is 4.47. The summed E-state index contributed by atoms with van der Waals surface area (Å²) in [4.78, 5) is 13.4. The predicted molar refractivity (Wildman–Crippen MR) is 166 cm³/mol. The van der Waals surface area contributed by atoms with Crippen LogP contribution < -0.4 is 9.64 Å². The molecule has 226 valence electrons. The zero-order chi connectivity index (χ0) is 30.5. The van der Waals surface area contributed by atoms with Crippen LogP contribution in [0.5, 0.6) is 5.75 Å². The van der Waals surface area contributed by atoms with Crippen LogP contribution in [0.2, 0.25) is 0 Å². The van der Waals surface area contributed by atoms with Gasteiger partial charge in [-0.3, -0.25) is 0 Å². The minimum atomic E-state index is -3.66. The number of carboxylic acid groups (broad SMARTS) is 1. The lowest BCUT2D eigenvalue weighted by Crippen LogP contribution is -2.43. The number of benzene rings is 3. The van der Waals surface area contributed by atoms with Gasteiger partial charge in [-0.25, -0.2) is 13.2 Å². The first-order chi connectivity index (χ1) is 20.0. The molecule has 2 N–H and O–H groups in total. The molecule has 3 aromatic rings. The van der Waals surface area contributed by atoms with Crippen molar-refractivity contribution in [2.24, 2.45) is 5.41 Å². The van der Waals surface area contributed by atoms with E-state index in [-0.39, 0.29) is 17.9 Å². The van der Waals surface area contributed by atoms with E-state index in [0.717, 1.165) is 42.5 Å². The summed E-state index contributed by atoms with van der Waals surface area (Å²) in [5.74, 6) is -0.932. The SMILES string of the molecule is CCCCC1(CCCC)CS(=O)(=O)c2ccc(N(C)C)cc2[C@@H](c2ccc(OCc3ccc(C(=O)O)cc3)cc2)C1O. The highest BCUT2D eigenvalue weighted by molar-refractivity contribution is 7.91. The Hall–Kier alpha value is -3.36. The molecule has 0 saturated carbocycles. The average molecular weight is 594 g/mol. The molecular formula is C34H43NO6S. The lowest BCUT2D eigenvalue weighted by molar-refractivity contribution is 0.0127. The van der Waals surface area contributed by atoms with Crippen LogP contribution in [-0.4, -0.2) is 50.6 Å². The van der Waals surface area contributed by atoms with Crippen molar-refractivity contribution in [2.75, 3.05) is 24.7 Å². The number of fused-ring (bicyclic) bond motifs is 1. The van der Waals surface area contributed by atoms with Crippen LogP contribution in [0.1, 0.15) is 85.3 Å². The van der Waals surface area contributed by atoms with E-state index in [9.17, 15) is 18.3 Å². The second kappa shape index (κ2) is 13.3. The van der Waals surface area contributed by atoms with Crippen molar-refractivity contribution in [1.29, 1.82) is 0 Å². The van der Waals surface area contributed by atoms with Crippen molar-refractivity contribution >= 4 is 21.5 Å². The molecule has 0 radical (unpaired) electrons. The van der Waals surface area contributed by atoms with Crippen LogP contribution in [-0.2, 0) is 16.4 Å². The normalized spacial score (nSPS) is 19.0. The first-order valence-electron chi connectivity index (χ1n) is 14.8. The van der Waals surface area contributed by atoms with Gasteiger partial charge in [0.1, 0.15) is 12.4 Å². The van der Waals surface area contributed by atoms with Gasteiger partial charge in [0.15, 0.2) is 9.84 Å². The Labute approximate surface area is 250 Å². The highest BCUT2D eigenvalue weighted by Crippen LogP contribution is 2.50. The number of anilines is 1. The van der Waals surface area contributed by atoms with Crippen molar-refractivity contribution in [3.8, 4) is 5.75 Å². The van der Waals surface area contributed by atoms with Crippen LogP contribution in [0, 0.1) is 5.41 Å². The number of nitrogens with zero attached hydrogens (tertiary/aromatic N) is 1. The molecule has 8 heteroatoms. The molecule has 1 aliphatic rings. The fourth-order valence-electron chi connectivity index (χ4n) is 6.07. The average Bonchev–Trinajstić information content (AvgIpc) is 3.04. The van der Waals surface area contributed by atoms with E-state index in [1.54, 1.807) is 30.3 Å². The molecule has 0 bridgehead atoms. The number of aromatic carboxylic acids is 1. The Kier molecular flexibility index (Phi) is 10.00. The predicted octanol–water partition coefficient (Wildman–Crippen LogP) is 6.68. The minimum Gasteiger partial charge on any atom is -0.489 e. The largest absolute Gasteiger partial charge is 0.489 e. The van der Waals surface area contributed by atoms with Gasteiger partial charge in [-0.15, -0.1) is 0 Å². The number of ether oxygens (including phenoxy) is 1. The number of hydrogen-bond acceptors (Lipinski definition) is 6. The van der Waals surface area contributed by atoms with Gasteiger partial charge in [0.05, 0.1) is 22.3 Å². The zero-order valence-electron chi connectivity index (χ0n) is 25.0. The number of unbranched alkanes of at least 4 members (excludes halogenated alkanes) is 2. The second-order valence-corrected chi connectivity index (χ2v) is 13.7. The quantitative estimate of drug-likeness (QED) is 0.242. The number of carbonyl (C=O) groups is 1. The smallest absolute Gasteiger partial charge is 0.335 e. The standard InChI is InChI=1S/C34H43NO6S/c1-5-7-19-34(20-8-6-2)23-42(39,40)30-18-15-27(35(3)4)21-29(30)31(32(34)36)25-13-16-28(17-14-25)41-22-24-9-11-26(12-10-24)33(37)38/h9-18,21,31-32,36H,5-8,19-20,22-23H2,1-4H3,(H,37,38)/t31-,32?/m1/s1. The van der Waals surface area contributed by atoms with Gasteiger partial charge in [0, 0.05) is 31.1 Å². The van der Waals surface area contributed by atoms with Crippen molar-refractivity contribution in [2.45, 2.75) is 75.9 Å². The monoisotopic (exact) mass is 593 g/mol. The zero-order valence-corrected chi connectivity index (χ0v) is 25.9. The van der Waals surface area contributed by atoms with E-state index in [4.69, 9.17) is 9.84 Å². The summed E-state index contributed by atoms with van der Waals surface area (Å²) >= 11 is 0. The third kappa shape index (κ3) is 6.81. The molecule has 1 unspecified atom stereocenters. The molecule has 0 aliphatic carbocycles. The van der Waals surface area contributed by atoms with E-state index >= 15 is 0 Å². The Morgan fingerprint density at radius 1 is 0.952 bits per heavy atom. The number of carboxylic acids is 1. The van der Waals surface area contributed by atoms with Crippen molar-refractivity contribution in [1.82, 2.24) is 0 Å². The van der Waals surface area contributed by atoms with Crippen molar-refractivity contribution < 1.29 is 28.2 Å². The van der Waals surface area contributed by atoms with E-state index in [2.05, 4.69) is 13.8 Å². The number of hydrogen-bond donors (Lipinski definition) is 2. The maximum absolute atomic E-state index is 14.0. The van der Waals surface area contributed by atoms with Gasteiger partial charge < -0.3 is 19.8 Å². The van der Waals surface area contributed by atoms with Gasteiger partial charge in [0.2, 0.25) is 0 Å². The Balaban J connectivity index is 1.74. The summed E-state index contributed by atoms with van der Waals surface area (Å²) in [5, 5.41) is 21.4. The first-order valence-corrected chi connectivity index (χ1v) is 16.4. The van der Waals surface area contributed by atoms with Gasteiger partial charge in [-0.2, -0.15) is 0 Å². The first kappa shape index (κ1) is 31.6. The molecule has 3 aromatic carbocycles. The van der Waals surface area contributed by atoms with Gasteiger partial charge in [-0.1, -0.05) is 63.8 Å². The molecule has 0 aromatic heterocycles. The summed E-state index contributed by atoms with van der Waals surface area (Å²) in [6, 6.07) is 19.6. The Morgan fingerprint density at radius 2 is 1.57 bits per heavy atom. The molecule has 7 nitrogen and oxygen atoms in total. The van der Waals surface area contributed by atoms with Crippen LogP contribution in [0.25, 0.3) is 0 Å². The van der Waals surface area contributed by atoms with Crippen LogP contribution in [0.3, 0.4) is 0 Å². The molecule has 42 heavy (non-hydrogen) atoms. The Morgan fingerprint density at radius 3 is 2.12 bits per heavy atom. The highest BCUT2D eigenvalue weighted by Gasteiger charge is 2.49. The number of sulfone groups is 1. The molecule has 4 rings (SSSR count). The third-order valence-electron chi connectivity index (χ3n) is 8.50. The lowest BCUT2D eigenvalue weighted by Gasteiger charge is -2.40. The number of rotatable bonds is 12. The molecule has 0 spiro atoms. The maximum Gasteiger partial charge on any atom is 0.335 e. The summed E-state index contributed by atoms with van der Waals surface area (Å²) < 4.78 is 34.0. The maximum atomic E-state index is 14.0. The summed E-state index contributed by atoms with van der Waals surface area (Å²) in [5.41, 5.74) is 2.66. The fraction of sp³-hybridized carbons (Fsp3) is 0.441. The fourth-order valence-corrected chi connectivity index (χ4v) is 8.26. The highest BCUT2D eigenvalue weighted by atomic mass is 32.2. The van der Waals surface area contributed by atoms with Crippen molar-refractivity contribution in [3.63, 3.8) is 0 Å². The lowest BCUT2D eigenvalue weighted by atomic mass is 9.68. The molecule has 2 atom stereocenters. The summed E-state index contributed by atoms with van der Waals surface area (Å²) in [6.07, 6.45) is 3.96. The second-order valence-electron chi connectivity index (χ2n) is 11.7. The van der Waals surface area contributed by atoms with E-state index < -0.39 is 33.2 Å². The molecule has 1 aliphatic heterocycles. The summed E-state index contributed by atoms with van der Waals surface area (Å²) in [7, 11) is 0.187. The third-order valence-corrected chi connectivity index (χ3v) is 10.5. The van der Waals surface area contributed by atoms with Crippen LogP contribution in [0.4, 0.5) is 5.69 Å². The molecule has 0 saturated heterocycles. The van der Waals surface area contributed by atoms with Crippen molar-refractivity contribution in [3.05, 3.63) is 89.0 Å². The van der Waals surface area contributed by atoms with E-state index in [1.807, 2.05) is 55.4 Å².